The van der Waals surface area contributed by atoms with Crippen LogP contribution in [-0.4, -0.2) is 33.7 Å². The second kappa shape index (κ2) is 4.53. The summed E-state index contributed by atoms with van der Waals surface area (Å²) in [6.45, 7) is 8.57. The van der Waals surface area contributed by atoms with E-state index in [-0.39, 0.29) is 17.3 Å². The Kier molecular flexibility index (Phi) is 3.31. The summed E-state index contributed by atoms with van der Waals surface area (Å²) in [7, 11) is 0. The van der Waals surface area contributed by atoms with Crippen LogP contribution in [0.25, 0.3) is 0 Å². The molecule has 0 aromatic heterocycles. The van der Waals surface area contributed by atoms with Crippen LogP contribution >= 0.6 is 0 Å². The van der Waals surface area contributed by atoms with E-state index in [1.165, 1.54) is 0 Å². The molecule has 0 aliphatic carbocycles. The fraction of sp³-hybridized carbons (Fsp3) is 0.533. The van der Waals surface area contributed by atoms with Gasteiger partial charge in [0.05, 0.1) is 11.2 Å². The average molecular weight is 262 g/mol. The second-order valence-corrected chi connectivity index (χ2v) is 5.92. The summed E-state index contributed by atoms with van der Waals surface area (Å²) in [4.78, 5) is 14.2. The molecule has 19 heavy (non-hydrogen) atoms. The van der Waals surface area contributed by atoms with E-state index in [0.29, 0.717) is 6.54 Å². The highest BCUT2D eigenvalue weighted by Crippen LogP contribution is 2.30. The van der Waals surface area contributed by atoms with Crippen LogP contribution < -0.4 is 5.32 Å². The van der Waals surface area contributed by atoms with Gasteiger partial charge in [-0.15, -0.1) is 0 Å². The van der Waals surface area contributed by atoms with Crippen LogP contribution in [0, 0.1) is 0 Å². The molecule has 1 aliphatic heterocycles. The van der Waals surface area contributed by atoms with Gasteiger partial charge in [-0.25, -0.2) is 0 Å². The van der Waals surface area contributed by atoms with Gasteiger partial charge < -0.3 is 10.0 Å². The van der Waals surface area contributed by atoms with Gasteiger partial charge in [0.2, 0.25) is 5.91 Å². The van der Waals surface area contributed by atoms with Crippen LogP contribution in [-0.2, 0) is 11.2 Å². The number of hydrogen-bond donors (Lipinski definition) is 2. The molecule has 4 heteroatoms. The monoisotopic (exact) mass is 262 g/mol. The highest BCUT2D eigenvalue weighted by Gasteiger charge is 2.50. The SMILES string of the molecule is CCN1C(=O)C(C)(C)NC1(C)Cc1ccc(O)cc1. The Bertz CT molecular complexity index is 481. The van der Waals surface area contributed by atoms with Crippen molar-refractivity contribution in [1.29, 1.82) is 0 Å². The van der Waals surface area contributed by atoms with Crippen molar-refractivity contribution in [2.45, 2.75) is 45.3 Å². The molecule has 0 saturated carbocycles. The first kappa shape index (κ1) is 13.9. The van der Waals surface area contributed by atoms with Gasteiger partial charge in [-0.2, -0.15) is 0 Å². The van der Waals surface area contributed by atoms with Crippen molar-refractivity contribution in [3.63, 3.8) is 0 Å². The number of rotatable bonds is 3. The van der Waals surface area contributed by atoms with E-state index in [9.17, 15) is 9.90 Å². The Morgan fingerprint density at radius 1 is 1.21 bits per heavy atom. The first-order chi connectivity index (χ1) is 8.78. The highest BCUT2D eigenvalue weighted by molar-refractivity contribution is 5.88. The van der Waals surface area contributed by atoms with E-state index >= 15 is 0 Å². The van der Waals surface area contributed by atoms with Gasteiger partial charge in [-0.3, -0.25) is 10.1 Å². The third-order valence-corrected chi connectivity index (χ3v) is 3.76. The van der Waals surface area contributed by atoms with E-state index in [1.54, 1.807) is 12.1 Å². The van der Waals surface area contributed by atoms with E-state index in [2.05, 4.69) is 12.2 Å². The Balaban J connectivity index is 2.27. The lowest BCUT2D eigenvalue weighted by molar-refractivity contribution is -0.133. The molecule has 4 nitrogen and oxygen atoms in total. The maximum atomic E-state index is 12.3. The first-order valence-electron chi connectivity index (χ1n) is 6.68. The molecule has 1 heterocycles. The summed E-state index contributed by atoms with van der Waals surface area (Å²) in [5.74, 6) is 0.397. The van der Waals surface area contributed by atoms with E-state index < -0.39 is 5.54 Å². The summed E-state index contributed by atoms with van der Waals surface area (Å²) < 4.78 is 0. The Labute approximate surface area is 114 Å². The quantitative estimate of drug-likeness (QED) is 0.874. The minimum absolute atomic E-state index is 0.135. The fourth-order valence-corrected chi connectivity index (χ4v) is 3.00. The molecule has 1 aromatic carbocycles. The standard InChI is InChI=1S/C15H22N2O2/c1-5-17-13(19)14(2,3)16-15(17,4)10-11-6-8-12(18)9-7-11/h6-9,16,18H,5,10H2,1-4H3. The van der Waals surface area contributed by atoms with Crippen LogP contribution in [0.4, 0.5) is 0 Å². The lowest BCUT2D eigenvalue weighted by Gasteiger charge is -2.34. The molecule has 1 aliphatic rings. The molecular formula is C15H22N2O2. The van der Waals surface area contributed by atoms with Crippen molar-refractivity contribution in [3.05, 3.63) is 29.8 Å². The lowest BCUT2D eigenvalue weighted by Crippen LogP contribution is -2.52. The summed E-state index contributed by atoms with van der Waals surface area (Å²) in [5.41, 5.74) is 0.185. The minimum Gasteiger partial charge on any atom is -0.508 e. The van der Waals surface area contributed by atoms with Crippen LogP contribution in [0.2, 0.25) is 0 Å². The topological polar surface area (TPSA) is 52.6 Å². The van der Waals surface area contributed by atoms with Gasteiger partial charge in [0.15, 0.2) is 0 Å². The number of hydrogen-bond acceptors (Lipinski definition) is 3. The maximum Gasteiger partial charge on any atom is 0.243 e. The predicted molar refractivity (Wildman–Crippen MR) is 74.8 cm³/mol. The van der Waals surface area contributed by atoms with Gasteiger partial charge in [0, 0.05) is 13.0 Å². The summed E-state index contributed by atoms with van der Waals surface area (Å²) in [5, 5.41) is 12.8. The first-order valence-corrected chi connectivity index (χ1v) is 6.68. The van der Waals surface area contributed by atoms with Crippen LogP contribution in [0.1, 0.15) is 33.3 Å². The molecule has 1 amide bonds. The largest absolute Gasteiger partial charge is 0.508 e. The number of benzene rings is 1. The normalized spacial score (nSPS) is 25.9. The molecule has 2 rings (SSSR count). The zero-order valence-electron chi connectivity index (χ0n) is 12.0. The number of aromatic hydroxyl groups is 1. The van der Waals surface area contributed by atoms with Crippen molar-refractivity contribution in [2.75, 3.05) is 6.54 Å². The molecule has 1 atom stereocenters. The number of phenols is 1. The van der Waals surface area contributed by atoms with Gasteiger partial charge >= 0.3 is 0 Å². The van der Waals surface area contributed by atoms with Crippen LogP contribution in [0.5, 0.6) is 5.75 Å². The Morgan fingerprint density at radius 2 is 1.79 bits per heavy atom. The van der Waals surface area contributed by atoms with Gasteiger partial charge in [0.25, 0.3) is 0 Å². The van der Waals surface area contributed by atoms with Crippen molar-refractivity contribution < 1.29 is 9.90 Å². The highest BCUT2D eigenvalue weighted by atomic mass is 16.3. The molecule has 0 radical (unpaired) electrons. The summed E-state index contributed by atoms with van der Waals surface area (Å²) in [6.07, 6.45) is 0.719. The number of amides is 1. The smallest absolute Gasteiger partial charge is 0.243 e. The minimum atomic E-state index is -0.526. The molecule has 0 spiro atoms. The number of carbonyl (C=O) groups is 1. The van der Waals surface area contributed by atoms with Crippen LogP contribution in [0.15, 0.2) is 24.3 Å². The molecule has 1 unspecified atom stereocenters. The zero-order chi connectivity index (χ0) is 14.3. The molecular weight excluding hydrogens is 240 g/mol. The van der Waals surface area contributed by atoms with Crippen molar-refractivity contribution >= 4 is 5.91 Å². The van der Waals surface area contributed by atoms with Gasteiger partial charge in [-0.05, 0) is 45.4 Å². The lowest BCUT2D eigenvalue weighted by atomic mass is 10.00. The third kappa shape index (κ3) is 2.45. The van der Waals surface area contributed by atoms with Crippen molar-refractivity contribution in [1.82, 2.24) is 10.2 Å². The number of phenolic OH excluding ortho intramolecular Hbond substituents is 1. The number of likely N-dealkylation sites (N-methyl/N-ethyl adjacent to an activating group) is 1. The van der Waals surface area contributed by atoms with Gasteiger partial charge in [-0.1, -0.05) is 12.1 Å². The molecule has 0 bridgehead atoms. The van der Waals surface area contributed by atoms with E-state index in [1.807, 2.05) is 37.8 Å². The van der Waals surface area contributed by atoms with Gasteiger partial charge in [0.1, 0.15) is 5.75 Å². The average Bonchev–Trinajstić information content (AvgIpc) is 2.48. The predicted octanol–water partition coefficient (Wildman–Crippen LogP) is 1.88. The number of carbonyl (C=O) groups excluding carboxylic acids is 1. The Hall–Kier alpha value is -1.55. The fourth-order valence-electron chi connectivity index (χ4n) is 3.00. The summed E-state index contributed by atoms with van der Waals surface area (Å²) >= 11 is 0. The number of nitrogens with zero attached hydrogens (tertiary/aromatic N) is 1. The molecule has 1 aromatic rings. The van der Waals surface area contributed by atoms with Crippen molar-refractivity contribution in [3.8, 4) is 5.75 Å². The second-order valence-electron chi connectivity index (χ2n) is 5.92. The number of nitrogens with one attached hydrogen (secondary N) is 1. The van der Waals surface area contributed by atoms with Crippen LogP contribution in [0.3, 0.4) is 0 Å². The van der Waals surface area contributed by atoms with Crippen molar-refractivity contribution in [2.24, 2.45) is 0 Å². The third-order valence-electron chi connectivity index (χ3n) is 3.76. The Morgan fingerprint density at radius 3 is 2.32 bits per heavy atom. The summed E-state index contributed by atoms with van der Waals surface area (Å²) in [6, 6.07) is 7.14. The molecule has 1 saturated heterocycles. The molecule has 104 valence electrons. The molecule has 2 N–H and O–H groups in total. The van der Waals surface area contributed by atoms with E-state index in [0.717, 1.165) is 12.0 Å². The molecule has 1 fully saturated rings. The maximum absolute atomic E-state index is 12.3. The van der Waals surface area contributed by atoms with E-state index in [4.69, 9.17) is 0 Å². The zero-order valence-corrected chi connectivity index (χ0v) is 12.0.